The van der Waals surface area contributed by atoms with Gasteiger partial charge < -0.3 is 5.21 Å². The van der Waals surface area contributed by atoms with Gasteiger partial charge in [-0.3, -0.25) is 4.31 Å². The molecule has 0 radical (unpaired) electrons. The molecule has 1 aromatic carbocycles. The first-order valence-electron chi connectivity index (χ1n) is 5.45. The van der Waals surface area contributed by atoms with Crippen molar-refractivity contribution < 1.29 is 13.6 Å². The number of rotatable bonds is 0. The second-order valence-electron chi connectivity index (χ2n) is 4.06. The molecule has 0 atom stereocenters. The number of oxime groups is 1. The van der Waals surface area contributed by atoms with Crippen molar-refractivity contribution >= 4 is 32.8 Å². The van der Waals surface area contributed by atoms with Crippen LogP contribution in [0.3, 0.4) is 0 Å². The Labute approximate surface area is 114 Å². The minimum absolute atomic E-state index is 0.194. The van der Waals surface area contributed by atoms with Crippen LogP contribution < -0.4 is 4.31 Å². The highest BCUT2D eigenvalue weighted by molar-refractivity contribution is 7.94. The van der Waals surface area contributed by atoms with Crippen LogP contribution >= 0.6 is 11.3 Å². The molecule has 1 aromatic heterocycles. The largest absolute Gasteiger partial charge is 0.410 e. The summed E-state index contributed by atoms with van der Waals surface area (Å²) in [6, 6.07) is 8.61. The molecule has 1 aliphatic heterocycles. The summed E-state index contributed by atoms with van der Waals surface area (Å²) >= 11 is 1.12. The van der Waals surface area contributed by atoms with Gasteiger partial charge in [-0.1, -0.05) is 23.4 Å². The Hall–Kier alpha value is -1.86. The van der Waals surface area contributed by atoms with Crippen LogP contribution in [0.15, 0.2) is 45.1 Å². The van der Waals surface area contributed by atoms with Crippen LogP contribution in [-0.2, 0) is 10.0 Å². The Morgan fingerprint density at radius 3 is 2.68 bits per heavy atom. The zero-order valence-electron chi connectivity index (χ0n) is 9.94. The molecule has 0 spiro atoms. The van der Waals surface area contributed by atoms with Gasteiger partial charge in [0.1, 0.15) is 9.92 Å². The number of benzene rings is 1. The molecule has 2 aromatic rings. The quantitative estimate of drug-likeness (QED) is 0.597. The van der Waals surface area contributed by atoms with Crippen molar-refractivity contribution in [3.63, 3.8) is 0 Å². The molecule has 3 rings (SSSR count). The maximum Gasteiger partial charge on any atom is 0.274 e. The summed E-state index contributed by atoms with van der Waals surface area (Å²) in [5, 5.41) is 14.2. The summed E-state index contributed by atoms with van der Waals surface area (Å²) in [5.74, 6) is 0. The Kier molecular flexibility index (Phi) is 2.61. The standard InChI is InChI=1S/C12H10N2O3S2/c1-14-10-5-3-2-4-8(10)11(13-15)9-6-7-18-12(9)19(14,16)17/h2-7,15H,1H3. The molecule has 0 bridgehead atoms. The van der Waals surface area contributed by atoms with E-state index in [2.05, 4.69) is 5.16 Å². The van der Waals surface area contributed by atoms with Crippen LogP contribution in [0.1, 0.15) is 11.1 Å². The third kappa shape index (κ3) is 1.58. The van der Waals surface area contributed by atoms with Gasteiger partial charge in [0.05, 0.1) is 5.69 Å². The van der Waals surface area contributed by atoms with E-state index < -0.39 is 10.0 Å². The zero-order valence-corrected chi connectivity index (χ0v) is 11.6. The molecular weight excluding hydrogens is 284 g/mol. The van der Waals surface area contributed by atoms with Gasteiger partial charge in [-0.2, -0.15) is 0 Å². The minimum Gasteiger partial charge on any atom is -0.410 e. The van der Waals surface area contributed by atoms with E-state index in [1.165, 1.54) is 11.4 Å². The van der Waals surface area contributed by atoms with Crippen molar-refractivity contribution in [2.24, 2.45) is 5.16 Å². The molecular formula is C12H10N2O3S2. The normalized spacial score (nSPS) is 18.8. The Balaban J connectivity index is 2.46. The highest BCUT2D eigenvalue weighted by Crippen LogP contribution is 2.36. The van der Waals surface area contributed by atoms with E-state index in [1.807, 2.05) is 0 Å². The molecule has 0 amide bonds. The lowest BCUT2D eigenvalue weighted by Gasteiger charge is -2.18. The first-order valence-corrected chi connectivity index (χ1v) is 7.77. The second-order valence-corrected chi connectivity index (χ2v) is 7.14. The van der Waals surface area contributed by atoms with Crippen molar-refractivity contribution in [2.45, 2.75) is 4.21 Å². The van der Waals surface area contributed by atoms with Crippen molar-refractivity contribution in [1.82, 2.24) is 0 Å². The first-order chi connectivity index (χ1) is 9.07. The fraction of sp³-hybridized carbons (Fsp3) is 0.0833. The average Bonchev–Trinajstić information content (AvgIpc) is 2.87. The summed E-state index contributed by atoms with van der Waals surface area (Å²) in [4.78, 5) is 0. The Morgan fingerprint density at radius 1 is 1.21 bits per heavy atom. The predicted octanol–water partition coefficient (Wildman–Crippen LogP) is 2.11. The van der Waals surface area contributed by atoms with Crippen LogP contribution in [0.4, 0.5) is 5.69 Å². The molecule has 0 saturated carbocycles. The fourth-order valence-electron chi connectivity index (χ4n) is 2.13. The van der Waals surface area contributed by atoms with Crippen molar-refractivity contribution in [3.8, 4) is 0 Å². The molecule has 1 N–H and O–H groups in total. The number of fused-ring (bicyclic) bond motifs is 2. The topological polar surface area (TPSA) is 70.0 Å². The molecule has 5 nitrogen and oxygen atoms in total. The lowest BCUT2D eigenvalue weighted by molar-refractivity contribution is 0.319. The highest BCUT2D eigenvalue weighted by Gasteiger charge is 2.34. The van der Waals surface area contributed by atoms with Crippen LogP contribution in [0.5, 0.6) is 0 Å². The Morgan fingerprint density at radius 2 is 1.95 bits per heavy atom. The molecule has 0 saturated heterocycles. The van der Waals surface area contributed by atoms with Gasteiger partial charge in [0, 0.05) is 18.2 Å². The molecule has 98 valence electrons. The summed E-state index contributed by atoms with van der Waals surface area (Å²) in [6.07, 6.45) is 0. The SMILES string of the molecule is CN1c2ccccc2C(=NO)c2ccsc2S1(=O)=O. The van der Waals surface area contributed by atoms with Crippen molar-refractivity contribution in [1.29, 1.82) is 0 Å². The van der Waals surface area contributed by atoms with Crippen LogP contribution in [0.2, 0.25) is 0 Å². The number of nitrogens with zero attached hydrogens (tertiary/aromatic N) is 2. The minimum atomic E-state index is -3.61. The van der Waals surface area contributed by atoms with E-state index in [-0.39, 0.29) is 9.92 Å². The van der Waals surface area contributed by atoms with Crippen molar-refractivity contribution in [2.75, 3.05) is 11.4 Å². The van der Waals surface area contributed by atoms with Gasteiger partial charge in [0.15, 0.2) is 0 Å². The van der Waals surface area contributed by atoms with Gasteiger partial charge in [0.25, 0.3) is 10.0 Å². The maximum absolute atomic E-state index is 12.5. The smallest absolute Gasteiger partial charge is 0.274 e. The number of anilines is 1. The molecule has 0 aliphatic carbocycles. The number of sulfonamides is 1. The fourth-order valence-corrected chi connectivity index (χ4v) is 4.84. The number of para-hydroxylation sites is 1. The summed E-state index contributed by atoms with van der Waals surface area (Å²) in [5.41, 5.74) is 1.80. The van der Waals surface area contributed by atoms with E-state index in [9.17, 15) is 13.6 Å². The molecule has 7 heteroatoms. The van der Waals surface area contributed by atoms with E-state index in [1.54, 1.807) is 35.7 Å². The van der Waals surface area contributed by atoms with E-state index in [0.29, 0.717) is 16.8 Å². The second kappa shape index (κ2) is 4.07. The number of hydrogen-bond donors (Lipinski definition) is 1. The van der Waals surface area contributed by atoms with E-state index in [0.717, 1.165) is 11.3 Å². The number of thiophene rings is 1. The lowest BCUT2D eigenvalue weighted by Crippen LogP contribution is -2.25. The molecule has 19 heavy (non-hydrogen) atoms. The van der Waals surface area contributed by atoms with Gasteiger partial charge in [-0.25, -0.2) is 8.42 Å². The van der Waals surface area contributed by atoms with Crippen molar-refractivity contribution in [3.05, 3.63) is 46.8 Å². The Bertz CT molecular complexity index is 778. The monoisotopic (exact) mass is 294 g/mol. The molecule has 0 fully saturated rings. The first kappa shape index (κ1) is 12.2. The predicted molar refractivity (Wildman–Crippen MR) is 73.8 cm³/mol. The van der Waals surface area contributed by atoms with Crippen LogP contribution in [0.25, 0.3) is 0 Å². The molecule has 2 heterocycles. The van der Waals surface area contributed by atoms with Gasteiger partial charge in [-0.15, -0.1) is 11.3 Å². The molecule has 0 unspecified atom stereocenters. The highest BCUT2D eigenvalue weighted by atomic mass is 32.2. The van der Waals surface area contributed by atoms with E-state index in [4.69, 9.17) is 0 Å². The van der Waals surface area contributed by atoms with Crippen LogP contribution in [-0.4, -0.2) is 26.4 Å². The average molecular weight is 294 g/mol. The van der Waals surface area contributed by atoms with Gasteiger partial charge >= 0.3 is 0 Å². The summed E-state index contributed by atoms with van der Waals surface area (Å²) in [7, 11) is -2.11. The van der Waals surface area contributed by atoms with Gasteiger partial charge in [0.2, 0.25) is 0 Å². The van der Waals surface area contributed by atoms with Crippen LogP contribution in [0, 0.1) is 0 Å². The van der Waals surface area contributed by atoms with Gasteiger partial charge in [-0.05, 0) is 17.5 Å². The zero-order chi connectivity index (χ0) is 13.6. The molecule has 1 aliphatic rings. The van der Waals surface area contributed by atoms with E-state index >= 15 is 0 Å². The maximum atomic E-state index is 12.5. The summed E-state index contributed by atoms with van der Waals surface area (Å²) in [6.45, 7) is 0. The third-order valence-electron chi connectivity index (χ3n) is 3.08. The number of hydrogen-bond acceptors (Lipinski definition) is 5. The summed E-state index contributed by atoms with van der Waals surface area (Å²) < 4.78 is 26.4. The lowest BCUT2D eigenvalue weighted by atomic mass is 10.0. The third-order valence-corrected chi connectivity index (χ3v) is 6.31.